The molecule has 1 heterocycles. The van der Waals surface area contributed by atoms with Crippen LogP contribution in [0, 0.1) is 0 Å². The molecule has 78 valence electrons. The van der Waals surface area contributed by atoms with E-state index in [-0.39, 0.29) is 0 Å². The molecule has 1 aromatic carbocycles. The van der Waals surface area contributed by atoms with E-state index in [2.05, 4.69) is 26.2 Å². The van der Waals surface area contributed by atoms with Crippen LogP contribution in [0.2, 0.25) is 0 Å². The number of aromatic nitrogens is 3. The minimum Gasteiger partial charge on any atom is -0.325 e. The van der Waals surface area contributed by atoms with Gasteiger partial charge in [0.25, 0.3) is 0 Å². The van der Waals surface area contributed by atoms with E-state index in [9.17, 15) is 0 Å². The summed E-state index contributed by atoms with van der Waals surface area (Å²) in [5.41, 5.74) is 8.45. The highest BCUT2D eigenvalue weighted by molar-refractivity contribution is 9.10. The summed E-state index contributed by atoms with van der Waals surface area (Å²) in [6, 6.07) is 7.96. The number of benzene rings is 1. The maximum Gasteiger partial charge on any atom is 0.104 e. The lowest BCUT2D eigenvalue weighted by Crippen LogP contribution is -2.01. The van der Waals surface area contributed by atoms with Crippen LogP contribution in [-0.4, -0.2) is 15.0 Å². The largest absolute Gasteiger partial charge is 0.325 e. The first-order valence-corrected chi connectivity index (χ1v) is 5.37. The van der Waals surface area contributed by atoms with Crippen LogP contribution in [0.25, 0.3) is 11.3 Å². The quantitative estimate of drug-likeness (QED) is 0.901. The Hall–Kier alpha value is -1.20. The molecule has 0 unspecified atom stereocenters. The fourth-order valence-corrected chi connectivity index (χ4v) is 1.99. The molecular formula is C10H11BrN4. The van der Waals surface area contributed by atoms with Gasteiger partial charge in [-0.3, -0.25) is 0 Å². The van der Waals surface area contributed by atoms with Crippen molar-refractivity contribution in [3.8, 4) is 11.3 Å². The first-order valence-electron chi connectivity index (χ1n) is 4.57. The summed E-state index contributed by atoms with van der Waals surface area (Å²) in [6.45, 7) is 0.393. The van der Waals surface area contributed by atoms with Gasteiger partial charge in [-0.2, -0.15) is 0 Å². The Kier molecular flexibility index (Phi) is 2.83. The topological polar surface area (TPSA) is 56.7 Å². The maximum atomic E-state index is 5.62. The van der Waals surface area contributed by atoms with Gasteiger partial charge < -0.3 is 5.73 Å². The van der Waals surface area contributed by atoms with Crippen LogP contribution in [-0.2, 0) is 13.6 Å². The molecule has 0 aliphatic heterocycles. The Bertz CT molecular complexity index is 478. The van der Waals surface area contributed by atoms with Crippen molar-refractivity contribution in [2.45, 2.75) is 6.54 Å². The van der Waals surface area contributed by atoms with Crippen molar-refractivity contribution in [3.05, 3.63) is 34.4 Å². The summed E-state index contributed by atoms with van der Waals surface area (Å²) < 4.78 is 2.76. The Morgan fingerprint density at radius 1 is 1.40 bits per heavy atom. The Morgan fingerprint density at radius 3 is 2.80 bits per heavy atom. The number of rotatable bonds is 2. The van der Waals surface area contributed by atoms with E-state index < -0.39 is 0 Å². The van der Waals surface area contributed by atoms with Gasteiger partial charge in [-0.25, -0.2) is 4.68 Å². The van der Waals surface area contributed by atoms with Gasteiger partial charge in [0.15, 0.2) is 0 Å². The second kappa shape index (κ2) is 4.12. The minimum absolute atomic E-state index is 0.393. The lowest BCUT2D eigenvalue weighted by atomic mass is 10.1. The zero-order valence-electron chi connectivity index (χ0n) is 8.31. The zero-order valence-corrected chi connectivity index (χ0v) is 9.90. The molecule has 0 atom stereocenters. The van der Waals surface area contributed by atoms with Crippen LogP contribution in [0.5, 0.6) is 0 Å². The van der Waals surface area contributed by atoms with Crippen LogP contribution in [0.15, 0.2) is 28.7 Å². The molecule has 0 saturated carbocycles. The number of hydrogen-bond acceptors (Lipinski definition) is 3. The molecule has 0 aliphatic carbocycles. The standard InChI is InChI=1S/C10H11BrN4/c1-15-10(9(6-12)13-14-15)7-4-2-3-5-8(7)11/h2-5H,6,12H2,1H3. The van der Waals surface area contributed by atoms with E-state index in [0.29, 0.717) is 6.54 Å². The Balaban J connectivity index is 2.63. The summed E-state index contributed by atoms with van der Waals surface area (Å²) in [5, 5.41) is 7.99. The van der Waals surface area contributed by atoms with E-state index in [1.54, 1.807) is 4.68 Å². The summed E-state index contributed by atoms with van der Waals surface area (Å²) in [7, 11) is 1.86. The summed E-state index contributed by atoms with van der Waals surface area (Å²) in [5.74, 6) is 0. The average molecular weight is 267 g/mol. The molecule has 5 heteroatoms. The molecule has 2 aromatic rings. The number of aryl methyl sites for hydroxylation is 1. The molecule has 0 fully saturated rings. The third-order valence-corrected chi connectivity index (χ3v) is 2.91. The molecule has 0 bridgehead atoms. The summed E-state index contributed by atoms with van der Waals surface area (Å²) in [6.07, 6.45) is 0. The van der Waals surface area contributed by atoms with E-state index in [1.165, 1.54) is 0 Å². The van der Waals surface area contributed by atoms with Gasteiger partial charge in [0, 0.05) is 23.6 Å². The second-order valence-corrected chi connectivity index (χ2v) is 4.05. The van der Waals surface area contributed by atoms with Crippen LogP contribution in [0.4, 0.5) is 0 Å². The van der Waals surface area contributed by atoms with E-state index in [0.717, 1.165) is 21.4 Å². The molecule has 2 N–H and O–H groups in total. The van der Waals surface area contributed by atoms with Crippen molar-refractivity contribution in [1.82, 2.24) is 15.0 Å². The molecule has 15 heavy (non-hydrogen) atoms. The molecule has 0 aliphatic rings. The summed E-state index contributed by atoms with van der Waals surface area (Å²) in [4.78, 5) is 0. The molecule has 1 aromatic heterocycles. The highest BCUT2D eigenvalue weighted by atomic mass is 79.9. The third-order valence-electron chi connectivity index (χ3n) is 2.22. The van der Waals surface area contributed by atoms with Gasteiger partial charge in [-0.1, -0.05) is 39.3 Å². The Morgan fingerprint density at radius 2 is 2.13 bits per heavy atom. The van der Waals surface area contributed by atoms with Gasteiger partial charge in [0.2, 0.25) is 0 Å². The van der Waals surface area contributed by atoms with Crippen molar-refractivity contribution in [1.29, 1.82) is 0 Å². The highest BCUT2D eigenvalue weighted by Crippen LogP contribution is 2.28. The molecular weight excluding hydrogens is 256 g/mol. The molecule has 0 saturated heterocycles. The SMILES string of the molecule is Cn1nnc(CN)c1-c1ccccc1Br. The van der Waals surface area contributed by atoms with Crippen LogP contribution in [0.3, 0.4) is 0 Å². The molecule has 0 spiro atoms. The van der Waals surface area contributed by atoms with Crippen molar-refractivity contribution in [3.63, 3.8) is 0 Å². The minimum atomic E-state index is 0.393. The van der Waals surface area contributed by atoms with Crippen molar-refractivity contribution >= 4 is 15.9 Å². The fraction of sp³-hybridized carbons (Fsp3) is 0.200. The zero-order chi connectivity index (χ0) is 10.8. The predicted octanol–water partition coefficient (Wildman–Crippen LogP) is 1.70. The van der Waals surface area contributed by atoms with Crippen LogP contribution in [0.1, 0.15) is 5.69 Å². The number of halogens is 1. The lowest BCUT2D eigenvalue weighted by Gasteiger charge is -2.05. The van der Waals surface area contributed by atoms with Crippen molar-refractivity contribution in [2.24, 2.45) is 12.8 Å². The smallest absolute Gasteiger partial charge is 0.104 e. The van der Waals surface area contributed by atoms with E-state index >= 15 is 0 Å². The van der Waals surface area contributed by atoms with E-state index in [4.69, 9.17) is 5.73 Å². The highest BCUT2D eigenvalue weighted by Gasteiger charge is 2.13. The van der Waals surface area contributed by atoms with Crippen LogP contribution >= 0.6 is 15.9 Å². The monoisotopic (exact) mass is 266 g/mol. The summed E-state index contributed by atoms with van der Waals surface area (Å²) >= 11 is 3.51. The molecule has 0 amide bonds. The van der Waals surface area contributed by atoms with Gasteiger partial charge in [-0.15, -0.1) is 5.10 Å². The Labute approximate surface area is 96.2 Å². The maximum absolute atomic E-state index is 5.62. The van der Waals surface area contributed by atoms with Crippen molar-refractivity contribution in [2.75, 3.05) is 0 Å². The fourth-order valence-electron chi connectivity index (χ4n) is 1.52. The number of nitrogens with two attached hydrogens (primary N) is 1. The average Bonchev–Trinajstić information content (AvgIpc) is 2.60. The molecule has 0 radical (unpaired) electrons. The normalized spacial score (nSPS) is 10.6. The van der Waals surface area contributed by atoms with Gasteiger partial charge >= 0.3 is 0 Å². The molecule has 4 nitrogen and oxygen atoms in total. The lowest BCUT2D eigenvalue weighted by molar-refractivity contribution is 0.718. The van der Waals surface area contributed by atoms with E-state index in [1.807, 2.05) is 31.3 Å². The first-order chi connectivity index (χ1) is 7.24. The van der Waals surface area contributed by atoms with Gasteiger partial charge in [0.1, 0.15) is 5.69 Å². The van der Waals surface area contributed by atoms with Gasteiger partial charge in [-0.05, 0) is 6.07 Å². The van der Waals surface area contributed by atoms with Crippen LogP contribution < -0.4 is 5.73 Å². The number of hydrogen-bond donors (Lipinski definition) is 1. The second-order valence-electron chi connectivity index (χ2n) is 3.19. The predicted molar refractivity (Wildman–Crippen MR) is 62.0 cm³/mol. The molecule has 2 rings (SSSR count). The number of nitrogens with zero attached hydrogens (tertiary/aromatic N) is 3. The first kappa shape index (κ1) is 10.3. The van der Waals surface area contributed by atoms with Crippen molar-refractivity contribution < 1.29 is 0 Å². The van der Waals surface area contributed by atoms with Gasteiger partial charge in [0.05, 0.1) is 5.69 Å². The third kappa shape index (κ3) is 1.80.